The Kier molecular flexibility index (Phi) is 454. The zero-order chi connectivity index (χ0) is 0. The first kappa shape index (κ1) is 70.5. The molecule has 0 aromatic heterocycles. The fourth-order valence-electron chi connectivity index (χ4n) is 0. The molecule has 0 atom stereocenters. The molecule has 0 saturated heterocycles. The van der Waals surface area contributed by atoms with E-state index in [1.54, 1.807) is 0 Å². The molecule has 0 nitrogen and oxygen atoms in total. The molecular formula is H5CdI6InTh. The third-order valence-electron chi connectivity index (χ3n) is 0. The summed E-state index contributed by atoms with van der Waals surface area (Å²) in [7, 11) is 0. The Balaban J connectivity index is 0. The molecule has 0 aliphatic carbocycles. The van der Waals surface area contributed by atoms with Crippen LogP contribution < -0.4 is 0 Å². The molecule has 0 aliphatic rings. The van der Waals surface area contributed by atoms with Gasteiger partial charge in [-0.1, -0.05) is 0 Å². The van der Waals surface area contributed by atoms with E-state index in [4.69, 9.17) is 0 Å². The molecule has 0 heterocycles. The molecule has 4 radical (unpaired) electrons. The standard InChI is InChI=1S/Cd.2HI.4I.In.Th.3H/h;2*1H;;;;;;;;;. The van der Waals surface area contributed by atoms with Gasteiger partial charge >= 0.3 is 25.8 Å². The van der Waals surface area contributed by atoms with Gasteiger partial charge in [-0.3, -0.25) is 0 Å². The van der Waals surface area contributed by atoms with Crippen LogP contribution in [-0.2, 0) is 27.3 Å². The Hall–Kier alpha value is 7.50. The minimum absolute atomic E-state index is 0. The fraction of sp³-hybridized carbons (Fsp3) is 0. The third-order valence-corrected chi connectivity index (χ3v) is 0. The van der Waals surface area contributed by atoms with Gasteiger partial charge < -0.3 is 0 Å². The van der Waals surface area contributed by atoms with Crippen LogP contribution in [0.1, 0.15) is 0 Å². The minimum Gasteiger partial charge on any atom is 0 e. The molecule has 0 amide bonds. The van der Waals surface area contributed by atoms with Gasteiger partial charge in [-0.05, 0) is 0 Å². The molecule has 0 fully saturated rings. The van der Waals surface area contributed by atoms with Crippen molar-refractivity contribution in [1.82, 2.24) is 0 Å². The van der Waals surface area contributed by atoms with Crippen molar-refractivity contribution >= 4 is 170 Å². The predicted molar refractivity (Wildman–Crippen MR) is 96.8 cm³/mol. The number of rotatable bonds is 0. The number of hydrogen-bond donors (Lipinski definition) is 0. The van der Waals surface area contributed by atoms with E-state index in [9.17, 15) is 0 Å². The summed E-state index contributed by atoms with van der Waals surface area (Å²) < 4.78 is 0. The van der Waals surface area contributed by atoms with Crippen LogP contribution in [0.15, 0.2) is 0 Å². The first-order valence-corrected chi connectivity index (χ1v) is 0. The van der Waals surface area contributed by atoms with Gasteiger partial charge in [0.05, 0.1) is 0 Å². The second-order valence-electron chi connectivity index (χ2n) is 0. The Morgan fingerprint density at radius 1 is 0.556 bits per heavy atom. The Labute approximate surface area is 230 Å². The Morgan fingerprint density at radius 2 is 0.556 bits per heavy atom. The molecule has 0 unspecified atom stereocenters. The summed E-state index contributed by atoms with van der Waals surface area (Å²) in [4.78, 5) is 0. The summed E-state index contributed by atoms with van der Waals surface area (Å²) in [6, 6.07) is 0. The van der Waals surface area contributed by atoms with Crippen molar-refractivity contribution in [3.63, 3.8) is 0 Å². The topological polar surface area (TPSA) is 0 Å². The monoisotopic (exact) mass is 1230 g/mol. The maximum Gasteiger partial charge on any atom is 0 e. The van der Waals surface area contributed by atoms with Gasteiger partial charge in [0.15, 0.2) is 0 Å². The van der Waals surface area contributed by atoms with Gasteiger partial charge in [0.2, 0.25) is 0 Å². The maximum absolute atomic E-state index is 0. The average Bonchev–Trinajstić information content (AvgIpc) is 0. The molecule has 0 bridgehead atoms. The zero-order valence-corrected chi connectivity index (χ0v) is 25.0. The molecular weight excluding hydrogens is 1220 g/mol. The van der Waals surface area contributed by atoms with Gasteiger partial charge in [0.25, 0.3) is 0 Å². The van der Waals surface area contributed by atoms with Crippen molar-refractivity contribution in [2.45, 2.75) is 0 Å². The molecule has 9 heteroatoms. The largest absolute Gasteiger partial charge is 0 e. The van der Waals surface area contributed by atoms with Crippen LogP contribution in [0.4, 0.5) is 0 Å². The van der Waals surface area contributed by atoms with Crippen LogP contribution >= 0.6 is 144 Å². The summed E-state index contributed by atoms with van der Waals surface area (Å²) in [5, 5.41) is 0. The normalized spacial score (nSPS) is 0. The second-order valence-corrected chi connectivity index (χ2v) is 0. The van der Waals surface area contributed by atoms with Crippen molar-refractivity contribution in [3.05, 3.63) is 0 Å². The average molecular weight is 1230 g/mol. The number of halogens is 6. The van der Waals surface area contributed by atoms with Crippen molar-refractivity contribution < 1.29 is 67.2 Å². The maximum atomic E-state index is 0. The molecule has 0 saturated carbocycles. The summed E-state index contributed by atoms with van der Waals surface area (Å²) >= 11 is 0. The van der Waals surface area contributed by atoms with Crippen LogP contribution in [0, 0.1) is 39.9 Å². The van der Waals surface area contributed by atoms with Crippen molar-refractivity contribution in [2.24, 2.45) is 0 Å². The van der Waals surface area contributed by atoms with Gasteiger partial charge in [0.1, 0.15) is 0 Å². The van der Waals surface area contributed by atoms with Crippen LogP contribution in [0.2, 0.25) is 0 Å². The Bertz CT molecular complexity index is 13.0. The molecule has 0 spiro atoms. The first-order chi connectivity index (χ1) is 0. The predicted octanol–water partition coefficient (Wildman–Crippen LogP) is 3.59. The van der Waals surface area contributed by atoms with Gasteiger partial charge in [0, 0.05) is 163 Å². The van der Waals surface area contributed by atoms with E-state index in [1.807, 2.05) is 0 Å². The first-order valence-electron chi connectivity index (χ1n) is 0. The van der Waals surface area contributed by atoms with Gasteiger partial charge in [-0.15, -0.1) is 48.0 Å². The molecule has 0 N–H and O–H groups in total. The van der Waals surface area contributed by atoms with Crippen molar-refractivity contribution in [3.8, 4) is 0 Å². The molecule has 9 heavy (non-hydrogen) atoms. The van der Waals surface area contributed by atoms with Crippen molar-refractivity contribution in [1.29, 1.82) is 0 Å². The van der Waals surface area contributed by atoms with E-state index in [0.29, 0.717) is 0 Å². The third kappa shape index (κ3) is 50.2. The fourth-order valence-corrected chi connectivity index (χ4v) is 0. The van der Waals surface area contributed by atoms with E-state index >= 15 is 0 Å². The second kappa shape index (κ2) is 57.9. The van der Waals surface area contributed by atoms with E-state index in [-0.39, 0.29) is 237 Å². The molecule has 0 rings (SSSR count). The molecule has 0 aliphatic heterocycles. The summed E-state index contributed by atoms with van der Waals surface area (Å²) in [6.07, 6.45) is 0. The SMILES string of the molecule is I.I.[Cd].[I].[I].[I].[I].[InH3].[Th]. The summed E-state index contributed by atoms with van der Waals surface area (Å²) in [5.74, 6) is 0. The van der Waals surface area contributed by atoms with Gasteiger partial charge in [-0.2, -0.15) is 0 Å². The quantitative estimate of drug-likeness (QED) is 0.258. The summed E-state index contributed by atoms with van der Waals surface area (Å²) in [6.45, 7) is 0. The molecule has 0 aromatic carbocycles. The molecule has 0 aromatic rings. The smallest absolute Gasteiger partial charge is 0 e. The zero-order valence-electron chi connectivity index (χ0n) is 3.54. The number of hydrogen-bond acceptors (Lipinski definition) is 0. The summed E-state index contributed by atoms with van der Waals surface area (Å²) in [5.41, 5.74) is 0. The van der Waals surface area contributed by atoms with Crippen molar-refractivity contribution in [2.75, 3.05) is 0 Å². The minimum atomic E-state index is 0. The van der Waals surface area contributed by atoms with E-state index in [0.717, 1.165) is 0 Å². The van der Waals surface area contributed by atoms with Crippen LogP contribution in [0.3, 0.4) is 0 Å². The van der Waals surface area contributed by atoms with Gasteiger partial charge in [-0.25, -0.2) is 0 Å². The van der Waals surface area contributed by atoms with E-state index in [1.165, 1.54) is 0 Å². The van der Waals surface area contributed by atoms with Crippen LogP contribution in [0.5, 0.6) is 0 Å². The van der Waals surface area contributed by atoms with E-state index in [2.05, 4.69) is 0 Å². The molecule has 56 valence electrons. The van der Waals surface area contributed by atoms with Crippen LogP contribution in [-0.4, -0.2) is 25.8 Å². The Morgan fingerprint density at radius 3 is 0.556 bits per heavy atom. The van der Waals surface area contributed by atoms with E-state index < -0.39 is 0 Å². The van der Waals surface area contributed by atoms with Crippen LogP contribution in [0.25, 0.3) is 0 Å².